The molecule has 0 saturated heterocycles. The van der Waals surface area contributed by atoms with Crippen LogP contribution in [0.3, 0.4) is 0 Å². The fourth-order valence-corrected chi connectivity index (χ4v) is 3.23. The molecule has 0 fully saturated rings. The van der Waals surface area contributed by atoms with Crippen LogP contribution in [-0.4, -0.2) is 17.6 Å². The molecule has 0 bridgehead atoms. The first kappa shape index (κ1) is 20.0. The fourth-order valence-electron chi connectivity index (χ4n) is 3.23. The van der Waals surface area contributed by atoms with E-state index in [0.717, 1.165) is 0 Å². The molecule has 138 valence electrons. The first-order valence-electron chi connectivity index (χ1n) is 8.99. The molecule has 0 radical (unpaired) electrons. The molecule has 4 heteroatoms. The highest BCUT2D eigenvalue weighted by atomic mass is 19.1. The van der Waals surface area contributed by atoms with Gasteiger partial charge in [0.1, 0.15) is 11.6 Å². The molecule has 0 aliphatic heterocycles. The second-order valence-electron chi connectivity index (χ2n) is 6.79. The predicted molar refractivity (Wildman–Crippen MR) is 102 cm³/mol. The molecule has 3 nitrogen and oxygen atoms in total. The third-order valence-electron chi connectivity index (χ3n) is 4.51. The molecule has 1 N–H and O–H groups in total. The van der Waals surface area contributed by atoms with Crippen LogP contribution in [0, 0.1) is 12.7 Å². The van der Waals surface area contributed by atoms with Gasteiger partial charge in [-0.3, -0.25) is 9.59 Å². The molecule has 26 heavy (non-hydrogen) atoms. The number of ketones is 2. The zero-order chi connectivity index (χ0) is 19.3. The van der Waals surface area contributed by atoms with Gasteiger partial charge in [-0.25, -0.2) is 4.39 Å². The van der Waals surface area contributed by atoms with E-state index < -0.39 is 5.82 Å². The minimum Gasteiger partial charge on any atom is -0.307 e. The average Bonchev–Trinajstić information content (AvgIpc) is 2.60. The van der Waals surface area contributed by atoms with Crippen LogP contribution in [0.25, 0.3) is 0 Å². The zero-order valence-electron chi connectivity index (χ0n) is 15.8. The number of halogens is 1. The summed E-state index contributed by atoms with van der Waals surface area (Å²) in [5.41, 5.74) is 1.67. The fraction of sp³-hybridized carbons (Fsp3) is 0.364. The number of Topliss-reactive ketones (excluding diaryl/α,β-unsaturated/α-hetero) is 1. The molecule has 2 aromatic rings. The second kappa shape index (κ2) is 8.86. The lowest BCUT2D eigenvalue weighted by atomic mass is 9.92. The van der Waals surface area contributed by atoms with Crippen LogP contribution in [0.1, 0.15) is 66.7 Å². The van der Waals surface area contributed by atoms with Gasteiger partial charge in [0, 0.05) is 29.6 Å². The molecule has 0 aliphatic rings. The van der Waals surface area contributed by atoms with Crippen LogP contribution in [0.5, 0.6) is 0 Å². The first-order chi connectivity index (χ1) is 12.3. The molecule has 0 aliphatic carbocycles. The number of aryl methyl sites for hydroxylation is 1. The molecule has 0 amide bonds. The van der Waals surface area contributed by atoms with E-state index in [2.05, 4.69) is 5.32 Å². The summed E-state index contributed by atoms with van der Waals surface area (Å²) in [6.45, 7) is 7.15. The Balaban J connectivity index is 2.38. The van der Waals surface area contributed by atoms with Crippen LogP contribution in [0.4, 0.5) is 4.39 Å². The van der Waals surface area contributed by atoms with E-state index in [1.165, 1.54) is 0 Å². The summed E-state index contributed by atoms with van der Waals surface area (Å²) in [7, 11) is 0. The summed E-state index contributed by atoms with van der Waals surface area (Å²) in [6.07, 6.45) is 1.04. The lowest BCUT2D eigenvalue weighted by molar-refractivity contribution is -0.117. The van der Waals surface area contributed by atoms with Gasteiger partial charge in [-0.15, -0.1) is 0 Å². The van der Waals surface area contributed by atoms with Crippen molar-refractivity contribution >= 4 is 11.6 Å². The van der Waals surface area contributed by atoms with Crippen molar-refractivity contribution in [1.82, 2.24) is 5.32 Å². The average molecular weight is 355 g/mol. The number of rotatable bonds is 8. The van der Waals surface area contributed by atoms with E-state index >= 15 is 4.39 Å². The molecular weight excluding hydrogens is 329 g/mol. The Labute approximate surface area is 154 Å². The minimum absolute atomic E-state index is 0.0635. The van der Waals surface area contributed by atoms with Crippen molar-refractivity contribution in [2.75, 3.05) is 0 Å². The summed E-state index contributed by atoms with van der Waals surface area (Å²) < 4.78 is 15.3. The third-order valence-corrected chi connectivity index (χ3v) is 4.51. The maximum atomic E-state index is 15.3. The van der Waals surface area contributed by atoms with Crippen LogP contribution in [-0.2, 0) is 4.79 Å². The van der Waals surface area contributed by atoms with E-state index in [4.69, 9.17) is 0 Å². The largest absolute Gasteiger partial charge is 0.307 e. The van der Waals surface area contributed by atoms with Crippen molar-refractivity contribution in [3.05, 3.63) is 70.5 Å². The van der Waals surface area contributed by atoms with E-state index in [1.807, 2.05) is 19.9 Å². The maximum absolute atomic E-state index is 15.3. The van der Waals surface area contributed by atoms with Gasteiger partial charge in [0.25, 0.3) is 0 Å². The standard InChI is InChI=1S/C22H26FNO2/c1-5-19(24-15(3)13-16(4)25)18-12-11-14(2)20(21(18)23)22(26)17-9-7-6-8-10-17/h6-12,15,19,24H,5,13H2,1-4H3/t15-,19+/m0/s1. The van der Waals surface area contributed by atoms with Crippen molar-refractivity contribution in [2.45, 2.75) is 52.6 Å². The van der Waals surface area contributed by atoms with Crippen molar-refractivity contribution in [1.29, 1.82) is 0 Å². The van der Waals surface area contributed by atoms with Gasteiger partial charge in [0.15, 0.2) is 5.78 Å². The lowest BCUT2D eigenvalue weighted by Gasteiger charge is -2.24. The normalized spacial score (nSPS) is 13.3. The molecular formula is C22H26FNO2. The molecule has 0 heterocycles. The van der Waals surface area contributed by atoms with Gasteiger partial charge >= 0.3 is 0 Å². The second-order valence-corrected chi connectivity index (χ2v) is 6.79. The molecule has 0 saturated carbocycles. The molecule has 2 rings (SSSR count). The van der Waals surface area contributed by atoms with Gasteiger partial charge in [0.2, 0.25) is 0 Å². The van der Waals surface area contributed by atoms with Crippen molar-refractivity contribution in [3.8, 4) is 0 Å². The summed E-state index contributed by atoms with van der Waals surface area (Å²) in [4.78, 5) is 24.1. The Kier molecular flexibility index (Phi) is 6.81. The maximum Gasteiger partial charge on any atom is 0.196 e. The molecule has 2 atom stereocenters. The number of benzene rings is 2. The number of carbonyl (C=O) groups is 2. The minimum atomic E-state index is -0.478. The highest BCUT2D eigenvalue weighted by molar-refractivity contribution is 6.10. The van der Waals surface area contributed by atoms with Crippen LogP contribution in [0.2, 0.25) is 0 Å². The quantitative estimate of drug-likeness (QED) is 0.694. The monoisotopic (exact) mass is 355 g/mol. The van der Waals surface area contributed by atoms with Gasteiger partial charge < -0.3 is 5.32 Å². The summed E-state index contributed by atoms with van der Waals surface area (Å²) in [6, 6.07) is 11.9. The lowest BCUT2D eigenvalue weighted by Crippen LogP contribution is -2.32. The van der Waals surface area contributed by atoms with Crippen LogP contribution >= 0.6 is 0 Å². The predicted octanol–water partition coefficient (Wildman–Crippen LogP) is 4.77. The number of nitrogens with one attached hydrogen (secondary N) is 1. The molecule has 0 spiro atoms. The van der Waals surface area contributed by atoms with E-state index in [9.17, 15) is 9.59 Å². The summed E-state index contributed by atoms with van der Waals surface area (Å²) >= 11 is 0. The highest BCUT2D eigenvalue weighted by Crippen LogP contribution is 2.27. The van der Waals surface area contributed by atoms with E-state index in [0.29, 0.717) is 29.5 Å². The summed E-state index contributed by atoms with van der Waals surface area (Å²) in [5, 5.41) is 3.31. The Bertz CT molecular complexity index is 786. The highest BCUT2D eigenvalue weighted by Gasteiger charge is 2.24. The van der Waals surface area contributed by atoms with Gasteiger partial charge in [-0.05, 0) is 32.8 Å². The summed E-state index contributed by atoms with van der Waals surface area (Å²) in [5.74, 6) is -0.702. The number of hydrogen-bond donors (Lipinski definition) is 1. The van der Waals surface area contributed by atoms with Gasteiger partial charge in [-0.1, -0.05) is 49.4 Å². The van der Waals surface area contributed by atoms with Crippen LogP contribution in [0.15, 0.2) is 42.5 Å². The third kappa shape index (κ3) is 4.64. The van der Waals surface area contributed by atoms with Gasteiger partial charge in [-0.2, -0.15) is 0 Å². The van der Waals surface area contributed by atoms with Crippen molar-refractivity contribution in [3.63, 3.8) is 0 Å². The Morgan fingerprint density at radius 3 is 2.35 bits per heavy atom. The Morgan fingerprint density at radius 2 is 1.77 bits per heavy atom. The topological polar surface area (TPSA) is 46.2 Å². The number of hydrogen-bond acceptors (Lipinski definition) is 3. The van der Waals surface area contributed by atoms with Gasteiger partial charge in [0.05, 0.1) is 5.56 Å². The SMILES string of the molecule is CC[C@@H](N[C@@H](C)CC(C)=O)c1ccc(C)c(C(=O)c2ccccc2)c1F. The van der Waals surface area contributed by atoms with E-state index in [1.54, 1.807) is 50.2 Å². The van der Waals surface area contributed by atoms with Crippen molar-refractivity contribution < 1.29 is 14.0 Å². The van der Waals surface area contributed by atoms with Crippen molar-refractivity contribution in [2.24, 2.45) is 0 Å². The smallest absolute Gasteiger partial charge is 0.196 e. The number of carbonyl (C=O) groups excluding carboxylic acids is 2. The van der Waals surface area contributed by atoms with E-state index in [-0.39, 0.29) is 29.2 Å². The molecule has 0 unspecified atom stereocenters. The first-order valence-corrected chi connectivity index (χ1v) is 8.99. The Hall–Kier alpha value is -2.33. The Morgan fingerprint density at radius 1 is 1.12 bits per heavy atom. The zero-order valence-corrected chi connectivity index (χ0v) is 15.8. The molecule has 0 aromatic heterocycles. The van der Waals surface area contributed by atoms with Crippen LogP contribution < -0.4 is 5.32 Å². The molecule has 2 aromatic carbocycles.